The number of likely N-dealkylation sites (tertiary alicyclic amines) is 1. The van der Waals surface area contributed by atoms with Gasteiger partial charge in [0.2, 0.25) is 5.91 Å². The Labute approximate surface area is 146 Å². The third-order valence-corrected chi connectivity index (χ3v) is 4.44. The molecule has 1 fully saturated rings. The Hall–Kier alpha value is -1.55. The maximum atomic E-state index is 12.5. The highest BCUT2D eigenvalue weighted by Crippen LogP contribution is 2.17. The largest absolute Gasteiger partial charge is 0.491 e. The molecule has 0 radical (unpaired) electrons. The van der Waals surface area contributed by atoms with Crippen LogP contribution in [0.3, 0.4) is 0 Å². The van der Waals surface area contributed by atoms with Crippen molar-refractivity contribution in [2.24, 2.45) is 0 Å². The third kappa shape index (κ3) is 5.82. The van der Waals surface area contributed by atoms with Gasteiger partial charge in [-0.1, -0.05) is 25.5 Å². The molecule has 1 aliphatic heterocycles. The van der Waals surface area contributed by atoms with Crippen LogP contribution in [-0.4, -0.2) is 42.6 Å². The highest BCUT2D eigenvalue weighted by Gasteiger charge is 2.27. The van der Waals surface area contributed by atoms with Crippen LogP contribution in [0.5, 0.6) is 5.75 Å². The zero-order chi connectivity index (χ0) is 17.4. The Balaban J connectivity index is 1.77. The summed E-state index contributed by atoms with van der Waals surface area (Å²) in [6.45, 7) is 9.00. The summed E-state index contributed by atoms with van der Waals surface area (Å²) in [5.74, 6) is 1.10. The lowest BCUT2D eigenvalue weighted by atomic mass is 10.0. The standard InChI is InChI=1S/C20H32N2O2/c1-4-14-22-15-6-5-7-19(22)20(23)21-13-12-17-8-10-18(11-9-17)24-16(2)3/h8-11,16,19H,4-7,12-15H2,1-3H3,(H,21,23). The lowest BCUT2D eigenvalue weighted by Gasteiger charge is -2.34. The molecule has 1 aromatic rings. The van der Waals surface area contributed by atoms with Crippen molar-refractivity contribution in [3.8, 4) is 5.75 Å². The average Bonchev–Trinajstić information content (AvgIpc) is 2.56. The lowest BCUT2D eigenvalue weighted by Crippen LogP contribution is -2.50. The summed E-state index contributed by atoms with van der Waals surface area (Å²) >= 11 is 0. The number of ether oxygens (including phenoxy) is 1. The number of carbonyl (C=O) groups excluding carboxylic acids is 1. The van der Waals surface area contributed by atoms with E-state index in [-0.39, 0.29) is 18.1 Å². The smallest absolute Gasteiger partial charge is 0.237 e. The summed E-state index contributed by atoms with van der Waals surface area (Å²) in [5.41, 5.74) is 1.22. The van der Waals surface area contributed by atoms with E-state index in [0.717, 1.165) is 44.5 Å². The minimum Gasteiger partial charge on any atom is -0.491 e. The van der Waals surface area contributed by atoms with Crippen molar-refractivity contribution in [2.75, 3.05) is 19.6 Å². The molecule has 1 unspecified atom stereocenters. The topological polar surface area (TPSA) is 41.6 Å². The Bertz CT molecular complexity index is 497. The molecule has 1 N–H and O–H groups in total. The van der Waals surface area contributed by atoms with Gasteiger partial charge in [0.15, 0.2) is 0 Å². The monoisotopic (exact) mass is 332 g/mol. The fraction of sp³-hybridized carbons (Fsp3) is 0.650. The van der Waals surface area contributed by atoms with Crippen molar-refractivity contribution < 1.29 is 9.53 Å². The minimum absolute atomic E-state index is 0.0699. The molecule has 1 aliphatic rings. The van der Waals surface area contributed by atoms with Crippen molar-refractivity contribution in [3.05, 3.63) is 29.8 Å². The van der Waals surface area contributed by atoms with Crippen LogP contribution in [0.15, 0.2) is 24.3 Å². The SMILES string of the molecule is CCCN1CCCCC1C(=O)NCCc1ccc(OC(C)C)cc1. The van der Waals surface area contributed by atoms with Gasteiger partial charge in [-0.2, -0.15) is 0 Å². The molecule has 2 rings (SSSR count). The first-order valence-corrected chi connectivity index (χ1v) is 9.37. The first kappa shape index (κ1) is 18.8. The molecule has 1 heterocycles. The van der Waals surface area contributed by atoms with Crippen LogP contribution in [0.2, 0.25) is 0 Å². The molecule has 0 bridgehead atoms. The van der Waals surface area contributed by atoms with Gasteiger partial charge in [0.1, 0.15) is 5.75 Å². The Morgan fingerprint density at radius 2 is 2.04 bits per heavy atom. The highest BCUT2D eigenvalue weighted by molar-refractivity contribution is 5.81. The molecule has 134 valence electrons. The summed E-state index contributed by atoms with van der Waals surface area (Å²) in [4.78, 5) is 14.8. The molecule has 0 aliphatic carbocycles. The number of carbonyl (C=O) groups is 1. The zero-order valence-electron chi connectivity index (χ0n) is 15.4. The van der Waals surface area contributed by atoms with Gasteiger partial charge in [-0.15, -0.1) is 0 Å². The van der Waals surface area contributed by atoms with E-state index < -0.39 is 0 Å². The van der Waals surface area contributed by atoms with Gasteiger partial charge in [0.25, 0.3) is 0 Å². The number of amides is 1. The van der Waals surface area contributed by atoms with Gasteiger partial charge in [0, 0.05) is 6.54 Å². The molecule has 1 atom stereocenters. The second kappa shape index (κ2) is 9.67. The van der Waals surface area contributed by atoms with E-state index in [0.29, 0.717) is 6.54 Å². The fourth-order valence-corrected chi connectivity index (χ4v) is 3.30. The van der Waals surface area contributed by atoms with Crippen LogP contribution < -0.4 is 10.1 Å². The number of rotatable bonds is 8. The second-order valence-corrected chi connectivity index (χ2v) is 6.90. The van der Waals surface area contributed by atoms with E-state index in [1.807, 2.05) is 26.0 Å². The van der Waals surface area contributed by atoms with Crippen LogP contribution in [0.4, 0.5) is 0 Å². The van der Waals surface area contributed by atoms with Crippen molar-refractivity contribution in [1.82, 2.24) is 10.2 Å². The van der Waals surface area contributed by atoms with E-state index in [9.17, 15) is 4.79 Å². The van der Waals surface area contributed by atoms with Crippen LogP contribution in [-0.2, 0) is 11.2 Å². The molecule has 1 saturated heterocycles. The van der Waals surface area contributed by atoms with Gasteiger partial charge in [-0.3, -0.25) is 9.69 Å². The minimum atomic E-state index is 0.0699. The van der Waals surface area contributed by atoms with Crippen LogP contribution in [0.25, 0.3) is 0 Å². The van der Waals surface area contributed by atoms with E-state index in [1.54, 1.807) is 0 Å². The number of piperidine rings is 1. The van der Waals surface area contributed by atoms with Gasteiger partial charge in [-0.25, -0.2) is 0 Å². The molecular formula is C20H32N2O2. The number of nitrogens with one attached hydrogen (secondary N) is 1. The average molecular weight is 332 g/mol. The maximum Gasteiger partial charge on any atom is 0.237 e. The summed E-state index contributed by atoms with van der Waals surface area (Å²) in [7, 11) is 0. The number of benzene rings is 1. The Kier molecular flexibility index (Phi) is 7.57. The first-order chi connectivity index (χ1) is 11.6. The number of nitrogens with zero attached hydrogens (tertiary/aromatic N) is 1. The first-order valence-electron chi connectivity index (χ1n) is 9.37. The zero-order valence-corrected chi connectivity index (χ0v) is 15.4. The second-order valence-electron chi connectivity index (χ2n) is 6.90. The molecule has 24 heavy (non-hydrogen) atoms. The number of hydrogen-bond acceptors (Lipinski definition) is 3. The molecular weight excluding hydrogens is 300 g/mol. The van der Waals surface area contributed by atoms with Gasteiger partial charge >= 0.3 is 0 Å². The molecule has 1 aromatic carbocycles. The molecule has 0 saturated carbocycles. The predicted molar refractivity (Wildman–Crippen MR) is 98.4 cm³/mol. The van der Waals surface area contributed by atoms with Crippen molar-refractivity contribution in [1.29, 1.82) is 0 Å². The predicted octanol–water partition coefficient (Wildman–Crippen LogP) is 3.40. The Morgan fingerprint density at radius 3 is 2.71 bits per heavy atom. The summed E-state index contributed by atoms with van der Waals surface area (Å²) in [6, 6.07) is 8.23. The summed E-state index contributed by atoms with van der Waals surface area (Å²) < 4.78 is 5.65. The van der Waals surface area contributed by atoms with E-state index in [1.165, 1.54) is 12.0 Å². The van der Waals surface area contributed by atoms with E-state index in [2.05, 4.69) is 29.3 Å². The number of hydrogen-bond donors (Lipinski definition) is 1. The van der Waals surface area contributed by atoms with E-state index >= 15 is 0 Å². The van der Waals surface area contributed by atoms with Gasteiger partial charge < -0.3 is 10.1 Å². The maximum absolute atomic E-state index is 12.5. The van der Waals surface area contributed by atoms with Crippen molar-refractivity contribution >= 4 is 5.91 Å². The summed E-state index contributed by atoms with van der Waals surface area (Å²) in [6.07, 6.45) is 5.52. The summed E-state index contributed by atoms with van der Waals surface area (Å²) in [5, 5.41) is 3.12. The van der Waals surface area contributed by atoms with Crippen LogP contribution >= 0.6 is 0 Å². The molecule has 1 amide bonds. The highest BCUT2D eigenvalue weighted by atomic mass is 16.5. The van der Waals surface area contributed by atoms with Gasteiger partial charge in [0.05, 0.1) is 12.1 Å². The van der Waals surface area contributed by atoms with Crippen LogP contribution in [0, 0.1) is 0 Å². The fourth-order valence-electron chi connectivity index (χ4n) is 3.30. The van der Waals surface area contributed by atoms with E-state index in [4.69, 9.17) is 4.74 Å². The normalized spacial score (nSPS) is 18.6. The lowest BCUT2D eigenvalue weighted by molar-refractivity contribution is -0.127. The molecule has 4 nitrogen and oxygen atoms in total. The van der Waals surface area contributed by atoms with Gasteiger partial charge in [-0.05, 0) is 70.3 Å². The molecule has 0 spiro atoms. The Morgan fingerprint density at radius 1 is 1.29 bits per heavy atom. The third-order valence-electron chi connectivity index (χ3n) is 4.44. The van der Waals surface area contributed by atoms with Crippen molar-refractivity contribution in [2.45, 2.75) is 65.0 Å². The molecule has 4 heteroatoms. The quantitative estimate of drug-likeness (QED) is 0.793. The molecule has 0 aromatic heterocycles. The van der Waals surface area contributed by atoms with Crippen molar-refractivity contribution in [3.63, 3.8) is 0 Å². The van der Waals surface area contributed by atoms with Crippen LogP contribution in [0.1, 0.15) is 52.0 Å².